The van der Waals surface area contributed by atoms with Crippen molar-refractivity contribution in [3.8, 4) is 17.0 Å². The molecule has 0 unspecified atom stereocenters. The first-order chi connectivity index (χ1) is 19.0. The summed E-state index contributed by atoms with van der Waals surface area (Å²) < 4.78 is 62.1. The van der Waals surface area contributed by atoms with E-state index in [4.69, 9.17) is 16.2 Å². The Hall–Kier alpha value is -4.37. The number of nitrogens with zero attached hydrogens (tertiary/aromatic N) is 6. The zero-order valence-corrected chi connectivity index (χ0v) is 21.1. The van der Waals surface area contributed by atoms with Crippen molar-refractivity contribution in [2.45, 2.75) is 30.9 Å². The van der Waals surface area contributed by atoms with Gasteiger partial charge in [0.15, 0.2) is 28.5 Å². The summed E-state index contributed by atoms with van der Waals surface area (Å²) in [6.45, 7) is 0.0622. The first kappa shape index (κ1) is 27.2. The van der Waals surface area contributed by atoms with Crippen molar-refractivity contribution >= 4 is 28.6 Å². The largest absolute Gasteiger partial charge is 0.494 e. The first-order valence-electron chi connectivity index (χ1n) is 12.1. The minimum absolute atomic E-state index is 0.0351. The van der Waals surface area contributed by atoms with Gasteiger partial charge in [0.05, 0.1) is 35.8 Å². The van der Waals surface area contributed by atoms with Gasteiger partial charge in [0.25, 0.3) is 12.3 Å². The molecular formula is C25H24F4N8O3. The molecule has 15 heteroatoms. The second kappa shape index (κ2) is 10.3. The molecule has 0 bridgehead atoms. The zero-order valence-electron chi connectivity index (χ0n) is 21.1. The number of carbonyl (C=O) groups excluding carboxylic acids is 1. The minimum atomic E-state index is -3.08. The molecule has 1 aromatic carbocycles. The number of aliphatic hydroxyl groups is 1. The Balaban J connectivity index is 1.65. The molecule has 0 radical (unpaired) electrons. The number of pyridine rings is 1. The van der Waals surface area contributed by atoms with Gasteiger partial charge in [-0.25, -0.2) is 37.1 Å². The number of rotatable bonds is 6. The summed E-state index contributed by atoms with van der Waals surface area (Å²) >= 11 is 0. The average Bonchev–Trinajstić information content (AvgIpc) is 3.38. The minimum Gasteiger partial charge on any atom is -0.494 e. The molecule has 40 heavy (non-hydrogen) atoms. The maximum Gasteiger partial charge on any atom is 0.267 e. The van der Waals surface area contributed by atoms with E-state index in [1.807, 2.05) is 0 Å². The summed E-state index contributed by atoms with van der Waals surface area (Å²) in [5.41, 5.74) is 10.4. The van der Waals surface area contributed by atoms with Crippen LogP contribution in [0.4, 0.5) is 29.1 Å². The number of hydrogen-bond donors (Lipinski definition) is 3. The smallest absolute Gasteiger partial charge is 0.267 e. The van der Waals surface area contributed by atoms with Crippen molar-refractivity contribution in [3.05, 3.63) is 54.2 Å². The van der Waals surface area contributed by atoms with Crippen LogP contribution in [0.1, 0.15) is 23.2 Å². The van der Waals surface area contributed by atoms with Crippen LogP contribution < -0.4 is 21.1 Å². The lowest BCUT2D eigenvalue weighted by molar-refractivity contribution is -0.0529. The van der Waals surface area contributed by atoms with E-state index in [-0.39, 0.29) is 58.2 Å². The number of halogens is 4. The Kier molecular flexibility index (Phi) is 7.01. The highest BCUT2D eigenvalue weighted by Gasteiger charge is 2.43. The topological polar surface area (TPSA) is 158 Å². The summed E-state index contributed by atoms with van der Waals surface area (Å²) in [6.07, 6.45) is -1.19. The Bertz CT molecular complexity index is 1600. The van der Waals surface area contributed by atoms with Crippen LogP contribution in [-0.4, -0.2) is 73.8 Å². The fourth-order valence-electron chi connectivity index (χ4n) is 4.84. The van der Waals surface area contributed by atoms with Crippen molar-refractivity contribution in [2.24, 2.45) is 5.73 Å². The van der Waals surface area contributed by atoms with E-state index in [1.165, 1.54) is 25.7 Å². The number of ether oxygens (including phenoxy) is 1. The summed E-state index contributed by atoms with van der Waals surface area (Å²) in [5, 5.41) is 10.1. The number of piperidine rings is 1. The maximum absolute atomic E-state index is 14.9. The Morgan fingerprint density at radius 3 is 2.65 bits per heavy atom. The zero-order chi connectivity index (χ0) is 28.8. The van der Waals surface area contributed by atoms with E-state index in [0.29, 0.717) is 13.0 Å². The third-order valence-electron chi connectivity index (χ3n) is 6.94. The molecule has 2 atom stereocenters. The number of nitrogens with two attached hydrogens (primary N) is 2. The number of benzene rings is 1. The number of aromatic nitrogens is 5. The van der Waals surface area contributed by atoms with Gasteiger partial charge in [-0.3, -0.25) is 9.78 Å². The highest BCUT2D eigenvalue weighted by molar-refractivity contribution is 6.05. The van der Waals surface area contributed by atoms with Crippen LogP contribution in [0.2, 0.25) is 0 Å². The molecule has 11 nitrogen and oxygen atoms in total. The average molecular weight is 561 g/mol. The van der Waals surface area contributed by atoms with Crippen LogP contribution in [0.25, 0.3) is 22.4 Å². The Morgan fingerprint density at radius 2 is 1.93 bits per heavy atom. The second-order valence-corrected chi connectivity index (χ2v) is 9.44. The Morgan fingerprint density at radius 1 is 1.15 bits per heavy atom. The Labute approximate surface area is 224 Å². The van der Waals surface area contributed by atoms with E-state index >= 15 is 0 Å². The molecule has 1 saturated heterocycles. The summed E-state index contributed by atoms with van der Waals surface area (Å²) in [7, 11) is 1.19. The summed E-state index contributed by atoms with van der Waals surface area (Å²) in [4.78, 5) is 31.7. The van der Waals surface area contributed by atoms with Crippen molar-refractivity contribution < 1.29 is 32.2 Å². The van der Waals surface area contributed by atoms with E-state index in [0.717, 1.165) is 23.0 Å². The number of fused-ring (bicyclic) bond motifs is 1. The van der Waals surface area contributed by atoms with E-state index in [9.17, 15) is 27.5 Å². The number of methoxy groups -OCH3 is 1. The van der Waals surface area contributed by atoms with Gasteiger partial charge in [0.2, 0.25) is 0 Å². The molecule has 5 N–H and O–H groups in total. The second-order valence-electron chi connectivity index (χ2n) is 9.44. The molecule has 210 valence electrons. The van der Waals surface area contributed by atoms with Gasteiger partial charge in [-0.05, 0) is 25.0 Å². The van der Waals surface area contributed by atoms with E-state index < -0.39 is 35.6 Å². The number of alkyl halides is 2. The molecule has 4 aromatic rings. The monoisotopic (exact) mass is 560 g/mol. The molecule has 1 aliphatic rings. The van der Waals surface area contributed by atoms with Crippen LogP contribution in [0, 0.1) is 11.6 Å². The lowest BCUT2D eigenvalue weighted by atomic mass is 9.84. The molecule has 3 aromatic heterocycles. The molecule has 4 heterocycles. The summed E-state index contributed by atoms with van der Waals surface area (Å²) in [5.74, 6) is -2.69. The van der Waals surface area contributed by atoms with Crippen LogP contribution >= 0.6 is 0 Å². The predicted molar refractivity (Wildman–Crippen MR) is 136 cm³/mol. The fraction of sp³-hybridized carbons (Fsp3) is 0.320. The number of hydrogen-bond acceptors (Lipinski definition) is 10. The molecule has 0 aliphatic carbocycles. The van der Waals surface area contributed by atoms with Crippen molar-refractivity contribution in [3.63, 3.8) is 0 Å². The molecular weight excluding hydrogens is 536 g/mol. The number of anilines is 2. The van der Waals surface area contributed by atoms with Gasteiger partial charge in [0.1, 0.15) is 24.6 Å². The molecule has 0 amide bonds. The molecule has 5 rings (SSSR count). The van der Waals surface area contributed by atoms with E-state index in [1.54, 1.807) is 4.90 Å². The van der Waals surface area contributed by atoms with E-state index in [2.05, 4.69) is 19.9 Å². The van der Waals surface area contributed by atoms with Crippen LogP contribution in [0.5, 0.6) is 5.75 Å². The van der Waals surface area contributed by atoms with Crippen LogP contribution in [0.15, 0.2) is 37.1 Å². The van der Waals surface area contributed by atoms with Gasteiger partial charge in [-0.2, -0.15) is 0 Å². The van der Waals surface area contributed by atoms with Crippen molar-refractivity contribution in [1.29, 1.82) is 0 Å². The molecule has 0 spiro atoms. The highest BCUT2D eigenvalue weighted by atomic mass is 19.3. The quantitative estimate of drug-likeness (QED) is 0.299. The number of imidazole rings is 1. The molecule has 0 saturated carbocycles. The predicted octanol–water partition coefficient (Wildman–Crippen LogP) is 2.37. The maximum atomic E-state index is 14.9. The van der Waals surface area contributed by atoms with Gasteiger partial charge < -0.3 is 26.2 Å². The van der Waals surface area contributed by atoms with Gasteiger partial charge in [0, 0.05) is 24.7 Å². The molecule has 1 aliphatic heterocycles. The highest BCUT2D eigenvalue weighted by Crippen LogP contribution is 2.35. The fourth-order valence-corrected chi connectivity index (χ4v) is 4.84. The lowest BCUT2D eigenvalue weighted by Gasteiger charge is -2.44. The van der Waals surface area contributed by atoms with Gasteiger partial charge >= 0.3 is 0 Å². The third-order valence-corrected chi connectivity index (χ3v) is 6.94. The summed E-state index contributed by atoms with van der Waals surface area (Å²) in [6, 6.07) is 2.98. The van der Waals surface area contributed by atoms with Crippen LogP contribution in [-0.2, 0) is 0 Å². The van der Waals surface area contributed by atoms with Crippen molar-refractivity contribution in [2.75, 3.05) is 30.8 Å². The van der Waals surface area contributed by atoms with Gasteiger partial charge in [-0.1, -0.05) is 0 Å². The lowest BCUT2D eigenvalue weighted by Crippen LogP contribution is -2.63. The standard InChI is InChI=1S/C25H24F4N8O3/c1-40-18-7-14(26)12(5-15(18)27)16-6-13(24(39)37-11-35-19-22(30)33-10-34-23(19)37)17(8-32-16)36-4-2-3-25(31,9-36)20(38)21(28)29/h5-8,10-11,20-21,38H,2-4,9,31H2,1H3,(H2,30,33,34)/t20-,25-/m1/s1. The SMILES string of the molecule is COc1cc(F)c(-c2cc(C(=O)n3cnc4c(N)ncnc43)c(N3CCC[C@](N)([C@H](O)C(F)F)C3)cn2)cc1F. The van der Waals surface area contributed by atoms with Gasteiger partial charge in [-0.15, -0.1) is 0 Å². The third kappa shape index (κ3) is 4.66. The number of carbonyl (C=O) groups is 1. The first-order valence-corrected chi connectivity index (χ1v) is 12.1. The number of nitrogen functional groups attached to an aromatic ring is 1. The normalized spacial score (nSPS) is 18.4. The molecule has 1 fully saturated rings. The number of aliphatic hydroxyl groups excluding tert-OH is 1. The van der Waals surface area contributed by atoms with Crippen LogP contribution in [0.3, 0.4) is 0 Å². The van der Waals surface area contributed by atoms with Crippen molar-refractivity contribution in [1.82, 2.24) is 24.5 Å².